The molecule has 4 rings (SSSR count). The molecule has 41 heavy (non-hydrogen) atoms. The fourth-order valence-electron chi connectivity index (χ4n) is 4.84. The predicted molar refractivity (Wildman–Crippen MR) is 133 cm³/mol. The smallest absolute Gasteiger partial charge is 0.416 e. The van der Waals surface area contributed by atoms with Gasteiger partial charge in [-0.1, -0.05) is 19.9 Å². The average Bonchev–Trinajstić information content (AvgIpc) is 3.15. The number of carbonyl (C=O) groups excluding carboxylic acids is 1. The molecule has 1 aliphatic heterocycles. The number of ether oxygens (including phenoxy) is 2. The van der Waals surface area contributed by atoms with Gasteiger partial charge in [-0.2, -0.15) is 26.3 Å². The van der Waals surface area contributed by atoms with Gasteiger partial charge in [0.25, 0.3) is 0 Å². The van der Waals surface area contributed by atoms with Crippen LogP contribution in [0.3, 0.4) is 0 Å². The van der Waals surface area contributed by atoms with Gasteiger partial charge in [0.2, 0.25) is 0 Å². The second-order valence-corrected chi connectivity index (χ2v) is 10.0. The van der Waals surface area contributed by atoms with Crippen molar-refractivity contribution < 1.29 is 49.4 Å². The van der Waals surface area contributed by atoms with E-state index in [2.05, 4.69) is 0 Å². The number of rotatable bonds is 6. The Bertz CT molecular complexity index is 1430. The highest BCUT2D eigenvalue weighted by Crippen LogP contribution is 2.42. The van der Waals surface area contributed by atoms with Crippen molar-refractivity contribution in [1.82, 2.24) is 4.90 Å². The fourth-order valence-corrected chi connectivity index (χ4v) is 4.84. The lowest BCUT2D eigenvalue weighted by Gasteiger charge is -2.24. The first-order chi connectivity index (χ1) is 19.0. The zero-order valence-corrected chi connectivity index (χ0v) is 22.3. The highest BCUT2D eigenvalue weighted by molar-refractivity contribution is 5.76. The van der Waals surface area contributed by atoms with Crippen molar-refractivity contribution in [3.05, 3.63) is 88.0 Å². The van der Waals surface area contributed by atoms with Crippen LogP contribution in [0, 0.1) is 11.6 Å². The predicted octanol–water partition coefficient (Wildman–Crippen LogP) is 8.88. The van der Waals surface area contributed by atoms with Gasteiger partial charge < -0.3 is 9.47 Å². The maximum atomic E-state index is 14.6. The Balaban J connectivity index is 1.75. The van der Waals surface area contributed by atoms with Gasteiger partial charge in [-0.3, -0.25) is 4.90 Å². The van der Waals surface area contributed by atoms with Crippen LogP contribution < -0.4 is 4.74 Å². The van der Waals surface area contributed by atoms with E-state index in [1.807, 2.05) is 0 Å². The minimum atomic E-state index is -5.08. The Hall–Kier alpha value is -3.83. The molecule has 4 nitrogen and oxygen atoms in total. The van der Waals surface area contributed by atoms with Gasteiger partial charge in [-0.15, -0.1) is 0 Å². The van der Waals surface area contributed by atoms with Crippen LogP contribution in [-0.2, 0) is 23.6 Å². The van der Waals surface area contributed by atoms with Crippen LogP contribution >= 0.6 is 0 Å². The molecule has 1 saturated heterocycles. The highest BCUT2D eigenvalue weighted by Gasteiger charge is 2.43. The number of alkyl halides is 6. The molecule has 0 N–H and O–H groups in total. The third-order valence-electron chi connectivity index (χ3n) is 6.97. The van der Waals surface area contributed by atoms with Crippen LogP contribution in [0.4, 0.5) is 39.9 Å². The van der Waals surface area contributed by atoms with Gasteiger partial charge in [0.05, 0.1) is 30.8 Å². The van der Waals surface area contributed by atoms with Crippen molar-refractivity contribution in [2.24, 2.45) is 0 Å². The van der Waals surface area contributed by atoms with E-state index in [-0.39, 0.29) is 29.8 Å². The Morgan fingerprint density at radius 3 is 2.05 bits per heavy atom. The maximum absolute atomic E-state index is 14.6. The molecule has 0 saturated carbocycles. The van der Waals surface area contributed by atoms with Gasteiger partial charge >= 0.3 is 18.4 Å². The molecule has 1 unspecified atom stereocenters. The number of carbonyl (C=O) groups is 1. The van der Waals surface area contributed by atoms with E-state index in [9.17, 15) is 39.9 Å². The van der Waals surface area contributed by atoms with E-state index in [0.717, 1.165) is 17.0 Å². The largest absolute Gasteiger partial charge is 0.496 e. The van der Waals surface area contributed by atoms with Crippen molar-refractivity contribution in [2.75, 3.05) is 7.11 Å². The summed E-state index contributed by atoms with van der Waals surface area (Å²) in [6.07, 6.45) is -12.7. The first-order valence-corrected chi connectivity index (χ1v) is 12.4. The minimum absolute atomic E-state index is 0.0107. The molecule has 1 aliphatic rings. The van der Waals surface area contributed by atoms with Crippen LogP contribution in [0.25, 0.3) is 11.1 Å². The Morgan fingerprint density at radius 1 is 0.902 bits per heavy atom. The highest BCUT2D eigenvalue weighted by atomic mass is 19.4. The molecule has 3 aromatic carbocycles. The first-order valence-electron chi connectivity index (χ1n) is 12.4. The SMILES string of the molecule is COc1cc(F)c(C(C)C)cc1-c1ccc(F)cc1CN1C(=O)OC(c2cc(C(F)(F)F)cc(C(F)(F)F)c2)[C@@H]1C. The number of hydrogen-bond donors (Lipinski definition) is 0. The van der Waals surface area contributed by atoms with Crippen LogP contribution in [-0.4, -0.2) is 24.1 Å². The molecular weight excluding hydrogens is 562 g/mol. The maximum Gasteiger partial charge on any atom is 0.416 e. The summed E-state index contributed by atoms with van der Waals surface area (Å²) in [4.78, 5) is 14.0. The topological polar surface area (TPSA) is 38.8 Å². The molecule has 12 heteroatoms. The van der Waals surface area contributed by atoms with Crippen LogP contribution in [0.2, 0.25) is 0 Å². The van der Waals surface area contributed by atoms with Gasteiger partial charge in [0, 0.05) is 11.6 Å². The van der Waals surface area contributed by atoms with E-state index in [1.54, 1.807) is 19.9 Å². The summed E-state index contributed by atoms with van der Waals surface area (Å²) in [5, 5.41) is 0. The van der Waals surface area contributed by atoms with Crippen molar-refractivity contribution in [2.45, 2.75) is 57.7 Å². The first kappa shape index (κ1) is 30.1. The standard InChI is InChI=1S/C29H25F8NO3/c1-14(2)22-11-23(25(40-4)12-24(22)31)21-6-5-20(30)9-17(21)13-38-15(3)26(41-27(38)39)16-7-18(28(32,33)34)10-19(8-16)29(35,36)37/h5-12,14-15,26H,13H2,1-4H3/t15-,26?/m0/s1. The van der Waals surface area contributed by atoms with E-state index in [1.165, 1.54) is 26.2 Å². The van der Waals surface area contributed by atoms with Crippen LogP contribution in [0.15, 0.2) is 48.5 Å². The van der Waals surface area contributed by atoms with Crippen LogP contribution in [0.5, 0.6) is 5.75 Å². The van der Waals surface area contributed by atoms with Crippen molar-refractivity contribution in [3.8, 4) is 16.9 Å². The molecule has 3 aromatic rings. The molecule has 0 spiro atoms. The summed E-state index contributed by atoms with van der Waals surface area (Å²) < 4.78 is 120. The zero-order valence-electron chi connectivity index (χ0n) is 22.3. The average molecular weight is 588 g/mol. The Morgan fingerprint density at radius 2 is 1.51 bits per heavy atom. The molecule has 1 amide bonds. The molecule has 0 bridgehead atoms. The van der Waals surface area contributed by atoms with E-state index in [0.29, 0.717) is 28.8 Å². The fraction of sp³-hybridized carbons (Fsp3) is 0.345. The summed E-state index contributed by atoms with van der Waals surface area (Å²) in [5.74, 6) is -1.26. The summed E-state index contributed by atoms with van der Waals surface area (Å²) in [6, 6.07) is 6.41. The molecule has 1 fully saturated rings. The number of amides is 1. The van der Waals surface area contributed by atoms with Crippen LogP contribution in [0.1, 0.15) is 60.6 Å². The number of cyclic esters (lactones) is 1. The molecule has 220 valence electrons. The molecule has 1 heterocycles. The molecule has 0 aliphatic carbocycles. The monoisotopic (exact) mass is 587 g/mol. The van der Waals surface area contributed by atoms with E-state index >= 15 is 0 Å². The normalized spacial score (nSPS) is 17.8. The van der Waals surface area contributed by atoms with E-state index < -0.39 is 58.9 Å². The summed E-state index contributed by atoms with van der Waals surface area (Å²) >= 11 is 0. The van der Waals surface area contributed by atoms with Crippen molar-refractivity contribution in [1.29, 1.82) is 0 Å². The van der Waals surface area contributed by atoms with Gasteiger partial charge in [0.15, 0.2) is 0 Å². The molecule has 0 radical (unpaired) electrons. The lowest BCUT2D eigenvalue weighted by atomic mass is 9.92. The summed E-state index contributed by atoms with van der Waals surface area (Å²) in [7, 11) is 1.32. The molecule has 2 atom stereocenters. The second-order valence-electron chi connectivity index (χ2n) is 10.0. The number of nitrogens with zero attached hydrogens (tertiary/aromatic N) is 1. The van der Waals surface area contributed by atoms with Crippen molar-refractivity contribution >= 4 is 6.09 Å². The third kappa shape index (κ3) is 6.11. The minimum Gasteiger partial charge on any atom is -0.496 e. The number of halogens is 8. The Labute approximate surface area is 230 Å². The number of hydrogen-bond acceptors (Lipinski definition) is 3. The van der Waals surface area contributed by atoms with Gasteiger partial charge in [-0.05, 0) is 71.5 Å². The summed E-state index contributed by atoms with van der Waals surface area (Å²) in [5.41, 5.74) is -2.20. The third-order valence-corrected chi connectivity index (χ3v) is 6.97. The Kier molecular flexibility index (Phi) is 7.99. The second kappa shape index (κ2) is 10.9. The van der Waals surface area contributed by atoms with E-state index in [4.69, 9.17) is 9.47 Å². The quantitative estimate of drug-likeness (QED) is 0.271. The molecular formula is C29H25F8NO3. The lowest BCUT2D eigenvalue weighted by Crippen LogP contribution is -2.31. The van der Waals surface area contributed by atoms with Gasteiger partial charge in [-0.25, -0.2) is 13.6 Å². The number of benzene rings is 3. The van der Waals surface area contributed by atoms with Crippen molar-refractivity contribution in [3.63, 3.8) is 0 Å². The summed E-state index contributed by atoms with van der Waals surface area (Å²) in [6.45, 7) is 4.64. The lowest BCUT2D eigenvalue weighted by molar-refractivity contribution is -0.143. The molecule has 0 aromatic heterocycles. The number of methoxy groups -OCH3 is 1. The zero-order chi connectivity index (χ0) is 30.4. The van der Waals surface area contributed by atoms with Gasteiger partial charge in [0.1, 0.15) is 23.5 Å².